The zero-order chi connectivity index (χ0) is 24.4. The van der Waals surface area contributed by atoms with Gasteiger partial charge >= 0.3 is 0 Å². The topological polar surface area (TPSA) is 130 Å². The van der Waals surface area contributed by atoms with Crippen LogP contribution in [0, 0.1) is 5.92 Å². The number of rotatable bonds is 9. The van der Waals surface area contributed by atoms with E-state index in [9.17, 15) is 14.7 Å². The van der Waals surface area contributed by atoms with Gasteiger partial charge in [0.1, 0.15) is 11.9 Å². The summed E-state index contributed by atoms with van der Waals surface area (Å²) in [4.78, 5) is 33.5. The molecule has 4 N–H and O–H groups in total. The van der Waals surface area contributed by atoms with Crippen molar-refractivity contribution in [2.75, 3.05) is 17.7 Å². The Morgan fingerprint density at radius 2 is 2.18 bits per heavy atom. The molecule has 4 atom stereocenters. The van der Waals surface area contributed by atoms with E-state index in [1.807, 2.05) is 43.7 Å². The largest absolute Gasteiger partial charge is 0.384 e. The van der Waals surface area contributed by atoms with Crippen LogP contribution in [0.15, 0.2) is 48.1 Å². The number of nitrogens with zero attached hydrogens (tertiary/aromatic N) is 5. The molecule has 0 saturated carbocycles. The lowest BCUT2D eigenvalue weighted by Crippen LogP contribution is -2.72. The van der Waals surface area contributed by atoms with Crippen molar-refractivity contribution >= 4 is 34.0 Å². The van der Waals surface area contributed by atoms with Crippen LogP contribution in [-0.4, -0.2) is 56.0 Å². The van der Waals surface area contributed by atoms with Gasteiger partial charge in [0.2, 0.25) is 5.91 Å². The summed E-state index contributed by atoms with van der Waals surface area (Å²) in [5.74, 6) is -0.837. The number of aromatic nitrogens is 3. The number of aliphatic hydroxyl groups is 1. The Morgan fingerprint density at radius 3 is 2.79 bits per heavy atom. The molecule has 3 aromatic rings. The van der Waals surface area contributed by atoms with E-state index in [-0.39, 0.29) is 17.9 Å². The molecule has 3 aromatic heterocycles. The molecule has 1 fully saturated rings. The molecule has 1 aliphatic rings. The molecule has 1 aliphatic heterocycles. The Labute approximate surface area is 202 Å². The summed E-state index contributed by atoms with van der Waals surface area (Å²) in [5, 5.41) is 21.1. The molecule has 11 heteroatoms. The Hall–Kier alpha value is -3.28. The van der Waals surface area contributed by atoms with Crippen molar-refractivity contribution in [2.24, 2.45) is 13.0 Å². The zero-order valence-electron chi connectivity index (χ0n) is 19.3. The number of nitrogen functional groups attached to an aromatic ring is 1. The number of aryl methyl sites for hydroxylation is 1. The van der Waals surface area contributed by atoms with Crippen LogP contribution in [0.5, 0.6) is 0 Å². The fourth-order valence-electron chi connectivity index (χ4n) is 4.27. The summed E-state index contributed by atoms with van der Waals surface area (Å²) < 4.78 is 1.68. The third-order valence-electron chi connectivity index (χ3n) is 6.09. The number of β-lactam (4-membered cyclic amide) rings is 1. The van der Waals surface area contributed by atoms with Crippen LogP contribution >= 0.6 is 11.3 Å². The number of carbonyl (C=O) groups is 2. The summed E-state index contributed by atoms with van der Waals surface area (Å²) in [6.45, 7) is 1.96. The van der Waals surface area contributed by atoms with E-state index in [4.69, 9.17) is 5.73 Å². The SMILES string of the molecule is CC[C@@H](NC(O)N1C(=O)[C@H](Cc2ccnc(N)c2)[C@H]1C(=O)N(C)c1cccs1)c1ccn(C)n1. The van der Waals surface area contributed by atoms with E-state index < -0.39 is 18.3 Å². The van der Waals surface area contributed by atoms with Gasteiger partial charge in [-0.25, -0.2) is 4.98 Å². The van der Waals surface area contributed by atoms with Crippen LogP contribution in [0.1, 0.15) is 30.6 Å². The van der Waals surface area contributed by atoms with Gasteiger partial charge in [-0.15, -0.1) is 11.3 Å². The highest BCUT2D eigenvalue weighted by Crippen LogP contribution is 2.35. The third-order valence-corrected chi connectivity index (χ3v) is 7.03. The molecule has 0 aromatic carbocycles. The van der Waals surface area contributed by atoms with Crippen molar-refractivity contribution in [3.05, 3.63) is 59.4 Å². The van der Waals surface area contributed by atoms with Gasteiger partial charge in [0.25, 0.3) is 5.91 Å². The molecular formula is C23H29N7O3S. The molecule has 0 radical (unpaired) electrons. The molecular weight excluding hydrogens is 454 g/mol. The van der Waals surface area contributed by atoms with Gasteiger partial charge < -0.3 is 15.7 Å². The van der Waals surface area contributed by atoms with Crippen LogP contribution in [-0.2, 0) is 23.1 Å². The van der Waals surface area contributed by atoms with Crippen molar-refractivity contribution in [1.29, 1.82) is 0 Å². The Morgan fingerprint density at radius 1 is 1.38 bits per heavy atom. The van der Waals surface area contributed by atoms with Crippen LogP contribution < -0.4 is 16.0 Å². The van der Waals surface area contributed by atoms with Gasteiger partial charge in [0.15, 0.2) is 6.35 Å². The first kappa shape index (κ1) is 23.9. The van der Waals surface area contributed by atoms with E-state index >= 15 is 0 Å². The minimum Gasteiger partial charge on any atom is -0.384 e. The van der Waals surface area contributed by atoms with Gasteiger partial charge in [-0.05, 0) is 54.1 Å². The second-order valence-corrected chi connectivity index (χ2v) is 9.28. The normalized spacial score (nSPS) is 19.5. The molecule has 2 amide bonds. The molecule has 4 heterocycles. The number of amides is 2. The number of hydrogen-bond acceptors (Lipinski definition) is 8. The summed E-state index contributed by atoms with van der Waals surface area (Å²) in [6, 6.07) is 7.92. The maximum absolute atomic E-state index is 13.5. The number of likely N-dealkylation sites (N-methyl/N-ethyl adjacent to an activating group) is 1. The first-order chi connectivity index (χ1) is 16.3. The first-order valence-electron chi connectivity index (χ1n) is 11.1. The highest BCUT2D eigenvalue weighted by atomic mass is 32.1. The summed E-state index contributed by atoms with van der Waals surface area (Å²) in [5.41, 5.74) is 7.36. The number of nitrogens with one attached hydrogen (secondary N) is 1. The zero-order valence-corrected chi connectivity index (χ0v) is 20.1. The molecule has 0 bridgehead atoms. The van der Waals surface area contributed by atoms with E-state index in [2.05, 4.69) is 15.4 Å². The Bertz CT molecular complexity index is 1150. The molecule has 4 rings (SSSR count). The number of aliphatic hydroxyl groups excluding tert-OH is 1. The number of pyridine rings is 1. The second kappa shape index (κ2) is 9.92. The summed E-state index contributed by atoms with van der Waals surface area (Å²) in [7, 11) is 3.50. The maximum atomic E-state index is 13.5. The lowest BCUT2D eigenvalue weighted by molar-refractivity contribution is -0.183. The predicted molar refractivity (Wildman–Crippen MR) is 130 cm³/mol. The molecule has 1 unspecified atom stereocenters. The van der Waals surface area contributed by atoms with Crippen molar-refractivity contribution < 1.29 is 14.7 Å². The standard InChI is InChI=1S/C23H29N7O3S/c1-4-16(17-8-10-28(2)27-17)26-23(33)30-20(22(32)29(3)19-6-5-11-34-19)15(21(30)31)12-14-7-9-25-18(24)13-14/h5-11,13,15-16,20,23,26,33H,4,12H2,1-3H3,(H2,24,25)/t15-,16-,20+,23?/m1/s1. The monoisotopic (exact) mass is 483 g/mol. The fraction of sp³-hybridized carbons (Fsp3) is 0.391. The number of nitrogens with two attached hydrogens (primary N) is 1. The van der Waals surface area contributed by atoms with E-state index in [1.54, 1.807) is 30.1 Å². The second-order valence-electron chi connectivity index (χ2n) is 8.35. The molecule has 0 spiro atoms. The highest BCUT2D eigenvalue weighted by Gasteiger charge is 2.55. The van der Waals surface area contributed by atoms with Gasteiger partial charge in [-0.2, -0.15) is 5.10 Å². The van der Waals surface area contributed by atoms with Gasteiger partial charge in [-0.3, -0.25) is 24.5 Å². The smallest absolute Gasteiger partial charge is 0.251 e. The average Bonchev–Trinajstić information content (AvgIpc) is 3.50. The van der Waals surface area contributed by atoms with Crippen molar-refractivity contribution in [3.63, 3.8) is 0 Å². The lowest BCUT2D eigenvalue weighted by Gasteiger charge is -2.49. The summed E-state index contributed by atoms with van der Waals surface area (Å²) in [6.07, 6.45) is 3.02. The minimum atomic E-state index is -1.34. The van der Waals surface area contributed by atoms with Gasteiger partial charge in [0.05, 0.1) is 22.7 Å². The van der Waals surface area contributed by atoms with Crippen LogP contribution in [0.25, 0.3) is 0 Å². The number of carbonyl (C=O) groups excluding carboxylic acids is 2. The average molecular weight is 484 g/mol. The molecule has 34 heavy (non-hydrogen) atoms. The fourth-order valence-corrected chi connectivity index (χ4v) is 4.97. The minimum absolute atomic E-state index is 0.263. The predicted octanol–water partition coefficient (Wildman–Crippen LogP) is 1.51. The van der Waals surface area contributed by atoms with Crippen LogP contribution in [0.4, 0.5) is 10.8 Å². The first-order valence-corrected chi connectivity index (χ1v) is 12.0. The molecule has 10 nitrogen and oxygen atoms in total. The van der Waals surface area contributed by atoms with E-state index in [0.717, 1.165) is 16.3 Å². The third kappa shape index (κ3) is 4.67. The van der Waals surface area contributed by atoms with Gasteiger partial charge in [0, 0.05) is 26.5 Å². The maximum Gasteiger partial charge on any atom is 0.251 e. The number of thiophene rings is 1. The van der Waals surface area contributed by atoms with E-state index in [1.165, 1.54) is 21.1 Å². The van der Waals surface area contributed by atoms with Crippen molar-refractivity contribution in [1.82, 2.24) is 25.0 Å². The molecule has 180 valence electrons. The van der Waals surface area contributed by atoms with Crippen LogP contribution in [0.2, 0.25) is 0 Å². The van der Waals surface area contributed by atoms with E-state index in [0.29, 0.717) is 18.7 Å². The molecule has 0 aliphatic carbocycles. The summed E-state index contributed by atoms with van der Waals surface area (Å²) >= 11 is 1.43. The Kier molecular flexibility index (Phi) is 6.96. The van der Waals surface area contributed by atoms with Crippen molar-refractivity contribution in [3.8, 4) is 0 Å². The number of likely N-dealkylation sites (tertiary alicyclic amines) is 1. The van der Waals surface area contributed by atoms with Crippen molar-refractivity contribution in [2.45, 2.75) is 38.2 Å². The van der Waals surface area contributed by atoms with Gasteiger partial charge in [-0.1, -0.05) is 6.92 Å². The quantitative estimate of drug-likeness (QED) is 0.311. The highest BCUT2D eigenvalue weighted by molar-refractivity contribution is 7.14. The lowest BCUT2D eigenvalue weighted by atomic mass is 9.81. The number of hydrogen-bond donors (Lipinski definition) is 3. The number of anilines is 2. The Balaban J connectivity index is 1.57. The van der Waals surface area contributed by atoms with Crippen LogP contribution in [0.3, 0.4) is 0 Å². The molecule has 1 saturated heterocycles.